The number of carbonyl (C=O) groups excluding carboxylic acids is 1. The third-order valence-electron chi connectivity index (χ3n) is 2.33. The maximum Gasteiger partial charge on any atom is 0.180 e. The monoisotopic (exact) mass is 157 g/mol. The molecule has 1 saturated carbocycles. The highest BCUT2D eigenvalue weighted by molar-refractivity contribution is 5.89. The summed E-state index contributed by atoms with van der Waals surface area (Å²) >= 11 is 0. The van der Waals surface area contributed by atoms with Crippen LogP contribution in [0.2, 0.25) is 0 Å². The lowest BCUT2D eigenvalue weighted by Gasteiger charge is -2.25. The number of ether oxygens (including phenoxy) is 1. The van der Waals surface area contributed by atoms with Crippen LogP contribution in [0.3, 0.4) is 0 Å². The normalized spacial score (nSPS) is 44.1. The second-order valence-electron chi connectivity index (χ2n) is 3.03. The summed E-state index contributed by atoms with van der Waals surface area (Å²) in [6.07, 6.45) is 0.558. The van der Waals surface area contributed by atoms with Gasteiger partial charge in [0.15, 0.2) is 5.78 Å². The molecule has 1 saturated heterocycles. The van der Waals surface area contributed by atoms with E-state index >= 15 is 0 Å². The SMILES string of the molecule is O=C1C(O)CCC2OCNC12. The van der Waals surface area contributed by atoms with Gasteiger partial charge in [0.2, 0.25) is 0 Å². The van der Waals surface area contributed by atoms with E-state index in [1.54, 1.807) is 0 Å². The molecular weight excluding hydrogens is 146 g/mol. The smallest absolute Gasteiger partial charge is 0.180 e. The lowest BCUT2D eigenvalue weighted by atomic mass is 9.90. The lowest BCUT2D eigenvalue weighted by molar-refractivity contribution is -0.133. The molecule has 4 nitrogen and oxygen atoms in total. The van der Waals surface area contributed by atoms with Gasteiger partial charge in [-0.15, -0.1) is 0 Å². The Hall–Kier alpha value is -0.450. The zero-order valence-corrected chi connectivity index (χ0v) is 6.12. The van der Waals surface area contributed by atoms with E-state index in [0.717, 1.165) is 6.42 Å². The molecule has 0 spiro atoms. The van der Waals surface area contributed by atoms with Gasteiger partial charge in [-0.05, 0) is 12.8 Å². The summed E-state index contributed by atoms with van der Waals surface area (Å²) < 4.78 is 5.23. The first-order valence-electron chi connectivity index (χ1n) is 3.86. The van der Waals surface area contributed by atoms with E-state index in [-0.39, 0.29) is 17.9 Å². The van der Waals surface area contributed by atoms with E-state index in [2.05, 4.69) is 5.32 Å². The number of rotatable bonds is 0. The molecule has 1 aliphatic carbocycles. The summed E-state index contributed by atoms with van der Waals surface area (Å²) in [5, 5.41) is 12.1. The minimum atomic E-state index is -0.773. The predicted octanol–water partition coefficient (Wildman–Crippen LogP) is -0.975. The summed E-state index contributed by atoms with van der Waals surface area (Å²) in [6, 6.07) is -0.251. The van der Waals surface area contributed by atoms with Crippen LogP contribution >= 0.6 is 0 Å². The molecule has 0 aromatic rings. The lowest BCUT2D eigenvalue weighted by Crippen LogP contribution is -2.48. The maximum absolute atomic E-state index is 11.2. The molecule has 0 radical (unpaired) electrons. The zero-order chi connectivity index (χ0) is 7.84. The van der Waals surface area contributed by atoms with Crippen molar-refractivity contribution in [1.82, 2.24) is 5.32 Å². The second-order valence-corrected chi connectivity index (χ2v) is 3.03. The summed E-state index contributed by atoms with van der Waals surface area (Å²) in [7, 11) is 0. The molecule has 62 valence electrons. The average Bonchev–Trinajstić information content (AvgIpc) is 2.45. The molecular formula is C7H11NO3. The van der Waals surface area contributed by atoms with E-state index < -0.39 is 6.10 Å². The van der Waals surface area contributed by atoms with Crippen molar-refractivity contribution in [3.8, 4) is 0 Å². The van der Waals surface area contributed by atoms with Crippen LogP contribution in [0, 0.1) is 0 Å². The standard InChI is InChI=1S/C7H11NO3/c9-4-1-2-5-6(7(4)10)8-3-11-5/h4-6,8-9H,1-3H2. The molecule has 1 heterocycles. The molecule has 2 aliphatic rings. The first-order chi connectivity index (χ1) is 5.29. The molecule has 0 amide bonds. The fraction of sp³-hybridized carbons (Fsp3) is 0.857. The fourth-order valence-corrected chi connectivity index (χ4v) is 1.68. The Bertz CT molecular complexity index is 183. The first kappa shape index (κ1) is 7.21. The molecule has 11 heavy (non-hydrogen) atoms. The van der Waals surface area contributed by atoms with Crippen molar-refractivity contribution in [3.63, 3.8) is 0 Å². The number of ketones is 1. The van der Waals surface area contributed by atoms with Gasteiger partial charge >= 0.3 is 0 Å². The van der Waals surface area contributed by atoms with Crippen molar-refractivity contribution in [2.75, 3.05) is 6.73 Å². The molecule has 3 atom stereocenters. The molecule has 2 N–H and O–H groups in total. The molecule has 0 aromatic heterocycles. The van der Waals surface area contributed by atoms with Crippen molar-refractivity contribution in [1.29, 1.82) is 0 Å². The summed E-state index contributed by atoms with van der Waals surface area (Å²) in [6.45, 7) is 0.438. The zero-order valence-electron chi connectivity index (χ0n) is 6.12. The topological polar surface area (TPSA) is 58.6 Å². The van der Waals surface area contributed by atoms with Crippen LogP contribution in [0.15, 0.2) is 0 Å². The Labute approximate surface area is 64.5 Å². The van der Waals surface area contributed by atoms with Crippen LogP contribution in [0.25, 0.3) is 0 Å². The van der Waals surface area contributed by atoms with Gasteiger partial charge in [-0.1, -0.05) is 0 Å². The third kappa shape index (κ3) is 1.07. The average molecular weight is 157 g/mol. The Morgan fingerprint density at radius 3 is 3.18 bits per heavy atom. The largest absolute Gasteiger partial charge is 0.385 e. The molecule has 3 unspecified atom stereocenters. The van der Waals surface area contributed by atoms with Gasteiger partial charge in [-0.3, -0.25) is 10.1 Å². The first-order valence-corrected chi connectivity index (χ1v) is 3.86. The minimum Gasteiger partial charge on any atom is -0.385 e. The number of aliphatic hydroxyl groups excluding tert-OH is 1. The highest BCUT2D eigenvalue weighted by Crippen LogP contribution is 2.22. The van der Waals surface area contributed by atoms with Crippen molar-refractivity contribution in [3.05, 3.63) is 0 Å². The molecule has 2 rings (SSSR count). The number of carbonyl (C=O) groups is 1. The third-order valence-corrected chi connectivity index (χ3v) is 2.33. The molecule has 0 bridgehead atoms. The Morgan fingerprint density at radius 1 is 1.55 bits per heavy atom. The van der Waals surface area contributed by atoms with Crippen LogP contribution in [0.4, 0.5) is 0 Å². The van der Waals surface area contributed by atoms with Gasteiger partial charge < -0.3 is 9.84 Å². The maximum atomic E-state index is 11.2. The van der Waals surface area contributed by atoms with Crippen LogP contribution in [-0.2, 0) is 9.53 Å². The number of hydrogen-bond donors (Lipinski definition) is 2. The highest BCUT2D eigenvalue weighted by Gasteiger charge is 2.40. The van der Waals surface area contributed by atoms with Gasteiger partial charge in [0.1, 0.15) is 6.10 Å². The second kappa shape index (κ2) is 2.55. The van der Waals surface area contributed by atoms with Crippen LogP contribution in [0.5, 0.6) is 0 Å². The van der Waals surface area contributed by atoms with Gasteiger partial charge in [0, 0.05) is 0 Å². The van der Waals surface area contributed by atoms with E-state index in [1.165, 1.54) is 0 Å². The van der Waals surface area contributed by atoms with Crippen LogP contribution < -0.4 is 5.32 Å². The van der Waals surface area contributed by atoms with E-state index in [9.17, 15) is 9.90 Å². The fourth-order valence-electron chi connectivity index (χ4n) is 1.68. The Kier molecular flexibility index (Phi) is 1.67. The van der Waals surface area contributed by atoms with Gasteiger partial charge in [-0.2, -0.15) is 0 Å². The summed E-state index contributed by atoms with van der Waals surface area (Å²) in [5.41, 5.74) is 0. The quantitative estimate of drug-likeness (QED) is 0.474. The molecule has 1 aliphatic heterocycles. The minimum absolute atomic E-state index is 0.00546. The van der Waals surface area contributed by atoms with Gasteiger partial charge in [0.25, 0.3) is 0 Å². The number of hydrogen-bond acceptors (Lipinski definition) is 4. The summed E-state index contributed by atoms with van der Waals surface area (Å²) in [5.74, 6) is -0.112. The van der Waals surface area contributed by atoms with Crippen molar-refractivity contribution < 1.29 is 14.6 Å². The Balaban J connectivity index is 2.12. The number of nitrogens with one attached hydrogen (secondary N) is 1. The van der Waals surface area contributed by atoms with Crippen LogP contribution in [-0.4, -0.2) is 35.9 Å². The molecule has 4 heteroatoms. The van der Waals surface area contributed by atoms with Crippen molar-refractivity contribution in [2.45, 2.75) is 31.1 Å². The number of Topliss-reactive ketones (excluding diaryl/α,β-unsaturated/α-hetero) is 1. The Morgan fingerprint density at radius 2 is 2.36 bits per heavy atom. The molecule has 2 fully saturated rings. The summed E-state index contributed by atoms with van der Waals surface area (Å²) in [4.78, 5) is 11.2. The van der Waals surface area contributed by atoms with Crippen LogP contribution in [0.1, 0.15) is 12.8 Å². The van der Waals surface area contributed by atoms with Crippen molar-refractivity contribution >= 4 is 5.78 Å². The molecule has 0 aromatic carbocycles. The predicted molar refractivity (Wildman–Crippen MR) is 36.9 cm³/mol. The van der Waals surface area contributed by atoms with E-state index in [1.807, 2.05) is 0 Å². The number of fused-ring (bicyclic) bond motifs is 1. The van der Waals surface area contributed by atoms with Gasteiger partial charge in [-0.25, -0.2) is 0 Å². The van der Waals surface area contributed by atoms with E-state index in [4.69, 9.17) is 4.74 Å². The van der Waals surface area contributed by atoms with Gasteiger partial charge in [0.05, 0.1) is 18.9 Å². The highest BCUT2D eigenvalue weighted by atomic mass is 16.5. The van der Waals surface area contributed by atoms with Crippen molar-refractivity contribution in [2.24, 2.45) is 0 Å². The number of aliphatic hydroxyl groups is 1. The van der Waals surface area contributed by atoms with E-state index in [0.29, 0.717) is 13.2 Å².